The van der Waals surface area contributed by atoms with Crippen LogP contribution < -0.4 is 0 Å². The van der Waals surface area contributed by atoms with Crippen molar-refractivity contribution in [1.82, 2.24) is 0 Å². The average Bonchev–Trinajstić information content (AvgIpc) is 2.57. The molecule has 0 aromatic heterocycles. The lowest BCUT2D eigenvalue weighted by atomic mass is 9.96. The van der Waals surface area contributed by atoms with E-state index in [2.05, 4.69) is 10.2 Å². The molecule has 0 amide bonds. The van der Waals surface area contributed by atoms with E-state index in [9.17, 15) is 10.2 Å². The highest BCUT2D eigenvalue weighted by molar-refractivity contribution is 5.68. The Hall–Kier alpha value is -2.36. The summed E-state index contributed by atoms with van der Waals surface area (Å²) in [5.74, 6) is 0.300. The molecule has 0 fully saturated rings. The third-order valence-electron chi connectivity index (χ3n) is 5.49. The molecule has 2 aromatic carbocycles. The van der Waals surface area contributed by atoms with Crippen LogP contribution in [-0.2, 0) is 0 Å². The Morgan fingerprint density at radius 2 is 0.667 bits per heavy atom. The predicted octanol–water partition coefficient (Wildman–Crippen LogP) is 5.98. The van der Waals surface area contributed by atoms with Crippen molar-refractivity contribution in [2.45, 2.75) is 55.4 Å². The lowest BCUT2D eigenvalue weighted by Crippen LogP contribution is -1.93. The molecule has 2 rings (SSSR count). The minimum absolute atomic E-state index is 0.150. The van der Waals surface area contributed by atoms with Crippen LogP contribution in [0.25, 0.3) is 0 Å². The van der Waals surface area contributed by atoms with Gasteiger partial charge in [-0.2, -0.15) is 0 Å². The summed E-state index contributed by atoms with van der Waals surface area (Å²) >= 11 is 0. The normalized spacial score (nSPS) is 11.5. The highest BCUT2D eigenvalue weighted by Gasteiger charge is 2.17. The first-order chi connectivity index (χ1) is 11.1. The summed E-state index contributed by atoms with van der Waals surface area (Å²) in [6.45, 7) is 15.6. The van der Waals surface area contributed by atoms with Gasteiger partial charge in [0.1, 0.15) is 22.9 Å². The maximum absolute atomic E-state index is 10.4. The Morgan fingerprint density at radius 3 is 0.958 bits per heavy atom. The number of hydrogen-bond donors (Lipinski definition) is 2. The monoisotopic (exact) mass is 326 g/mol. The third-order valence-corrected chi connectivity index (χ3v) is 5.49. The van der Waals surface area contributed by atoms with Crippen molar-refractivity contribution in [2.75, 3.05) is 0 Å². The Bertz CT molecular complexity index is 735. The summed E-state index contributed by atoms with van der Waals surface area (Å²) in [5, 5.41) is 29.4. The summed E-state index contributed by atoms with van der Waals surface area (Å²) < 4.78 is 0. The number of azo groups is 1. The molecule has 2 N–H and O–H groups in total. The Morgan fingerprint density at radius 1 is 0.417 bits per heavy atom. The number of phenols is 2. The minimum Gasteiger partial charge on any atom is -0.505 e. The van der Waals surface area contributed by atoms with Gasteiger partial charge in [0.25, 0.3) is 0 Å². The molecule has 0 spiro atoms. The second-order valence-corrected chi connectivity index (χ2v) is 6.59. The van der Waals surface area contributed by atoms with Gasteiger partial charge in [0, 0.05) is 0 Å². The minimum atomic E-state index is 0.150. The van der Waals surface area contributed by atoms with Crippen molar-refractivity contribution in [3.8, 4) is 11.5 Å². The van der Waals surface area contributed by atoms with Gasteiger partial charge in [-0.15, -0.1) is 10.2 Å². The van der Waals surface area contributed by atoms with Crippen LogP contribution in [0.1, 0.15) is 44.5 Å². The van der Waals surface area contributed by atoms with Crippen molar-refractivity contribution in [3.05, 3.63) is 44.5 Å². The zero-order chi connectivity index (χ0) is 18.3. The molecule has 2 aromatic rings. The number of benzene rings is 2. The fourth-order valence-corrected chi connectivity index (χ4v) is 2.89. The van der Waals surface area contributed by atoms with Gasteiger partial charge in [0.05, 0.1) is 0 Å². The number of rotatable bonds is 2. The molecule has 0 bridgehead atoms. The fourth-order valence-electron chi connectivity index (χ4n) is 2.89. The Balaban J connectivity index is 2.67. The van der Waals surface area contributed by atoms with E-state index in [1.165, 1.54) is 0 Å². The molecule has 0 unspecified atom stereocenters. The smallest absolute Gasteiger partial charge is 0.146 e. The van der Waals surface area contributed by atoms with Crippen LogP contribution in [0.15, 0.2) is 10.2 Å². The first kappa shape index (κ1) is 18.0. The van der Waals surface area contributed by atoms with Crippen LogP contribution in [0.4, 0.5) is 11.4 Å². The molecule has 0 heterocycles. The molecule has 0 aliphatic carbocycles. The van der Waals surface area contributed by atoms with Crippen LogP contribution in [0.5, 0.6) is 11.5 Å². The van der Waals surface area contributed by atoms with Crippen LogP contribution in [0.3, 0.4) is 0 Å². The Kier molecular flexibility index (Phi) is 4.70. The van der Waals surface area contributed by atoms with E-state index in [1.54, 1.807) is 0 Å². The van der Waals surface area contributed by atoms with E-state index in [0.717, 1.165) is 44.5 Å². The summed E-state index contributed by atoms with van der Waals surface area (Å²) in [5.41, 5.74) is 8.65. The van der Waals surface area contributed by atoms with Crippen molar-refractivity contribution in [2.24, 2.45) is 10.2 Å². The molecular weight excluding hydrogens is 300 g/mol. The van der Waals surface area contributed by atoms with Gasteiger partial charge in [-0.05, 0) is 99.9 Å². The van der Waals surface area contributed by atoms with Crippen LogP contribution in [0.2, 0.25) is 0 Å². The quantitative estimate of drug-likeness (QED) is 0.667. The lowest BCUT2D eigenvalue weighted by molar-refractivity contribution is 0.468. The molecule has 0 radical (unpaired) electrons. The molecule has 0 saturated carbocycles. The van der Waals surface area contributed by atoms with E-state index >= 15 is 0 Å². The molecule has 0 aliphatic heterocycles. The first-order valence-corrected chi connectivity index (χ1v) is 8.09. The topological polar surface area (TPSA) is 65.2 Å². The maximum Gasteiger partial charge on any atom is 0.146 e. The zero-order valence-electron chi connectivity index (χ0n) is 15.8. The van der Waals surface area contributed by atoms with Gasteiger partial charge >= 0.3 is 0 Å². The molecule has 0 aliphatic rings. The Labute approximate surface area is 143 Å². The van der Waals surface area contributed by atoms with E-state index in [0.29, 0.717) is 11.4 Å². The van der Waals surface area contributed by atoms with E-state index < -0.39 is 0 Å². The molecular formula is C20H26N2O2. The number of aromatic hydroxyl groups is 2. The van der Waals surface area contributed by atoms with Gasteiger partial charge in [0.2, 0.25) is 0 Å². The molecule has 128 valence electrons. The number of nitrogens with zero attached hydrogens (tertiary/aromatic N) is 2. The van der Waals surface area contributed by atoms with Crippen molar-refractivity contribution in [1.29, 1.82) is 0 Å². The van der Waals surface area contributed by atoms with E-state index in [1.807, 2.05) is 55.4 Å². The molecule has 0 saturated heterocycles. The van der Waals surface area contributed by atoms with Crippen LogP contribution >= 0.6 is 0 Å². The molecule has 0 atom stereocenters. The second-order valence-electron chi connectivity index (χ2n) is 6.59. The summed E-state index contributed by atoms with van der Waals surface area (Å²) in [6, 6.07) is 0. The summed E-state index contributed by atoms with van der Waals surface area (Å²) in [4.78, 5) is 0. The van der Waals surface area contributed by atoms with E-state index in [4.69, 9.17) is 0 Å². The number of hydrogen-bond acceptors (Lipinski definition) is 4. The van der Waals surface area contributed by atoms with Gasteiger partial charge < -0.3 is 10.2 Å². The lowest BCUT2D eigenvalue weighted by Gasteiger charge is -2.15. The predicted molar refractivity (Wildman–Crippen MR) is 98.3 cm³/mol. The van der Waals surface area contributed by atoms with Gasteiger partial charge in [-0.3, -0.25) is 0 Å². The van der Waals surface area contributed by atoms with Crippen molar-refractivity contribution >= 4 is 11.4 Å². The van der Waals surface area contributed by atoms with Crippen LogP contribution in [-0.4, -0.2) is 10.2 Å². The number of phenolic OH excluding ortho intramolecular Hbond substituents is 2. The van der Waals surface area contributed by atoms with E-state index in [-0.39, 0.29) is 11.5 Å². The summed E-state index contributed by atoms with van der Waals surface area (Å²) in [6.07, 6.45) is 0. The fraction of sp³-hybridized carbons (Fsp3) is 0.400. The third kappa shape index (κ3) is 2.66. The van der Waals surface area contributed by atoms with Gasteiger partial charge in [0.15, 0.2) is 0 Å². The highest BCUT2D eigenvalue weighted by atomic mass is 16.3. The molecule has 4 nitrogen and oxygen atoms in total. The van der Waals surface area contributed by atoms with Crippen molar-refractivity contribution in [3.63, 3.8) is 0 Å². The maximum atomic E-state index is 10.4. The first-order valence-electron chi connectivity index (χ1n) is 8.09. The largest absolute Gasteiger partial charge is 0.505 e. The summed E-state index contributed by atoms with van der Waals surface area (Å²) in [7, 11) is 0. The van der Waals surface area contributed by atoms with Crippen molar-refractivity contribution < 1.29 is 10.2 Å². The molecule has 4 heteroatoms. The van der Waals surface area contributed by atoms with Crippen LogP contribution in [0, 0.1) is 55.4 Å². The molecule has 24 heavy (non-hydrogen) atoms. The van der Waals surface area contributed by atoms with Gasteiger partial charge in [-0.25, -0.2) is 0 Å². The zero-order valence-corrected chi connectivity index (χ0v) is 15.8. The van der Waals surface area contributed by atoms with Gasteiger partial charge in [-0.1, -0.05) is 0 Å². The standard InChI is InChI=1S/C20H26N2O2/c1-9-11(3)15(7)19(23)17(13(9)5)21-22-18-14(6)10(2)12(4)16(8)20(18)24/h23-24H,1-8H3. The average molecular weight is 326 g/mol. The highest BCUT2D eigenvalue weighted by Crippen LogP contribution is 2.42. The SMILES string of the molecule is Cc1c(C)c(C)c(N=Nc2c(C)c(C)c(C)c(C)c2O)c(O)c1C. The second kappa shape index (κ2) is 6.27.